The Bertz CT molecular complexity index is 946. The minimum atomic E-state index is -0.443. The molecule has 1 atom stereocenters. The van der Waals surface area contributed by atoms with Crippen LogP contribution in [0.2, 0.25) is 0 Å². The number of hydrogen-bond acceptors (Lipinski definition) is 5. The molecule has 146 valence electrons. The van der Waals surface area contributed by atoms with E-state index < -0.39 is 4.92 Å². The standard InChI is InChI=1S/C20H22FN5O2/c1-20(2,3)18(14-4-8-16(21)9-5-14)22-12-25-13-23-19(24-25)15-6-10-17(11-7-15)26(27)28/h4-11,13,18,22H,12H2,1-3H3. The fourth-order valence-electron chi connectivity index (χ4n) is 3.00. The number of benzene rings is 2. The lowest BCUT2D eigenvalue weighted by Crippen LogP contribution is -2.33. The molecule has 7 nitrogen and oxygen atoms in total. The van der Waals surface area contributed by atoms with E-state index in [1.165, 1.54) is 24.3 Å². The molecular weight excluding hydrogens is 361 g/mol. The summed E-state index contributed by atoms with van der Waals surface area (Å²) in [4.78, 5) is 14.6. The van der Waals surface area contributed by atoms with Gasteiger partial charge in [-0.25, -0.2) is 14.1 Å². The maximum absolute atomic E-state index is 13.3. The molecular formula is C20H22FN5O2. The van der Waals surface area contributed by atoms with Gasteiger partial charge in [-0.05, 0) is 35.2 Å². The summed E-state index contributed by atoms with van der Waals surface area (Å²) in [5.41, 5.74) is 1.62. The van der Waals surface area contributed by atoms with E-state index in [9.17, 15) is 14.5 Å². The molecule has 3 rings (SSSR count). The van der Waals surface area contributed by atoms with Gasteiger partial charge in [-0.3, -0.25) is 15.4 Å². The molecule has 2 aromatic carbocycles. The molecule has 28 heavy (non-hydrogen) atoms. The zero-order valence-corrected chi connectivity index (χ0v) is 16.0. The largest absolute Gasteiger partial charge is 0.291 e. The Morgan fingerprint density at radius 2 is 1.79 bits per heavy atom. The minimum Gasteiger partial charge on any atom is -0.291 e. The highest BCUT2D eigenvalue weighted by molar-refractivity contribution is 5.56. The van der Waals surface area contributed by atoms with Gasteiger partial charge in [0, 0.05) is 23.7 Å². The topological polar surface area (TPSA) is 85.9 Å². The molecule has 0 fully saturated rings. The highest BCUT2D eigenvalue weighted by atomic mass is 19.1. The molecule has 0 amide bonds. The summed E-state index contributed by atoms with van der Waals surface area (Å²) < 4.78 is 14.9. The Labute approximate surface area is 162 Å². The fourth-order valence-corrected chi connectivity index (χ4v) is 3.00. The Morgan fingerprint density at radius 3 is 2.36 bits per heavy atom. The molecule has 8 heteroatoms. The number of rotatable bonds is 6. The van der Waals surface area contributed by atoms with Crippen LogP contribution in [-0.2, 0) is 6.67 Å². The van der Waals surface area contributed by atoms with Gasteiger partial charge in [-0.1, -0.05) is 32.9 Å². The second-order valence-corrected chi connectivity index (χ2v) is 7.62. The van der Waals surface area contributed by atoms with Crippen molar-refractivity contribution in [2.45, 2.75) is 33.5 Å². The van der Waals surface area contributed by atoms with Crippen molar-refractivity contribution in [3.63, 3.8) is 0 Å². The SMILES string of the molecule is CC(C)(C)C(NCn1cnc(-c2ccc([N+](=O)[O-])cc2)n1)c1ccc(F)cc1. The first-order chi connectivity index (χ1) is 13.2. The van der Waals surface area contributed by atoms with Gasteiger partial charge >= 0.3 is 0 Å². The number of nitro benzene ring substituents is 1. The summed E-state index contributed by atoms with van der Waals surface area (Å²) in [7, 11) is 0. The lowest BCUT2D eigenvalue weighted by Gasteiger charge is -2.32. The van der Waals surface area contributed by atoms with Gasteiger partial charge in [0.2, 0.25) is 0 Å². The van der Waals surface area contributed by atoms with Crippen LogP contribution in [0.3, 0.4) is 0 Å². The first-order valence-corrected chi connectivity index (χ1v) is 8.87. The fraction of sp³-hybridized carbons (Fsp3) is 0.300. The van der Waals surface area contributed by atoms with Gasteiger partial charge < -0.3 is 0 Å². The van der Waals surface area contributed by atoms with Crippen LogP contribution in [-0.4, -0.2) is 19.7 Å². The summed E-state index contributed by atoms with van der Waals surface area (Å²) in [6, 6.07) is 12.6. The third kappa shape index (κ3) is 4.58. The highest BCUT2D eigenvalue weighted by Crippen LogP contribution is 2.32. The Balaban J connectivity index is 1.73. The molecule has 0 saturated carbocycles. The smallest absolute Gasteiger partial charge is 0.269 e. The summed E-state index contributed by atoms with van der Waals surface area (Å²) in [6.07, 6.45) is 1.61. The van der Waals surface area contributed by atoms with Crippen molar-refractivity contribution < 1.29 is 9.31 Å². The van der Waals surface area contributed by atoms with Gasteiger partial charge in [-0.2, -0.15) is 0 Å². The summed E-state index contributed by atoms with van der Waals surface area (Å²) in [5, 5.41) is 18.6. The molecule has 1 heterocycles. The second kappa shape index (κ2) is 7.85. The predicted molar refractivity (Wildman–Crippen MR) is 104 cm³/mol. The van der Waals surface area contributed by atoms with Gasteiger partial charge in [0.15, 0.2) is 5.82 Å². The average molecular weight is 383 g/mol. The normalized spacial score (nSPS) is 12.7. The molecule has 0 aliphatic rings. The molecule has 0 spiro atoms. The number of aromatic nitrogens is 3. The minimum absolute atomic E-state index is 0.0138. The van der Waals surface area contributed by atoms with Crippen LogP contribution in [0.5, 0.6) is 0 Å². The van der Waals surface area contributed by atoms with Gasteiger partial charge in [0.05, 0.1) is 11.6 Å². The number of non-ortho nitro benzene ring substituents is 1. The van der Waals surface area contributed by atoms with Crippen molar-refractivity contribution in [3.05, 3.63) is 76.4 Å². The number of halogens is 1. The average Bonchev–Trinajstić information content (AvgIpc) is 3.11. The Morgan fingerprint density at radius 1 is 1.14 bits per heavy atom. The molecule has 0 radical (unpaired) electrons. The van der Waals surface area contributed by atoms with Crippen molar-refractivity contribution in [2.75, 3.05) is 0 Å². The van der Waals surface area contributed by atoms with E-state index in [1.54, 1.807) is 35.3 Å². The Hall–Kier alpha value is -3.13. The lowest BCUT2D eigenvalue weighted by molar-refractivity contribution is -0.384. The van der Waals surface area contributed by atoms with Crippen LogP contribution >= 0.6 is 0 Å². The predicted octanol–water partition coefficient (Wildman–Crippen LogP) is 4.33. The van der Waals surface area contributed by atoms with Gasteiger partial charge in [0.1, 0.15) is 12.1 Å². The monoisotopic (exact) mass is 383 g/mol. The van der Waals surface area contributed by atoms with Crippen LogP contribution in [0, 0.1) is 21.3 Å². The van der Waals surface area contributed by atoms with Crippen LogP contribution < -0.4 is 5.32 Å². The summed E-state index contributed by atoms with van der Waals surface area (Å²) in [5.74, 6) is 0.228. The van der Waals surface area contributed by atoms with E-state index in [4.69, 9.17) is 0 Å². The van der Waals surface area contributed by atoms with Crippen molar-refractivity contribution in [2.24, 2.45) is 5.41 Å². The zero-order valence-electron chi connectivity index (χ0n) is 16.0. The molecule has 3 aromatic rings. The number of hydrogen-bond donors (Lipinski definition) is 1. The molecule has 0 bridgehead atoms. The Kier molecular flexibility index (Phi) is 5.51. The lowest BCUT2D eigenvalue weighted by atomic mass is 9.82. The van der Waals surface area contributed by atoms with Crippen LogP contribution in [0.4, 0.5) is 10.1 Å². The van der Waals surface area contributed by atoms with Crippen molar-refractivity contribution in [1.29, 1.82) is 0 Å². The third-order valence-electron chi connectivity index (χ3n) is 4.40. The van der Waals surface area contributed by atoms with Gasteiger partial charge in [0.25, 0.3) is 5.69 Å². The number of nitrogens with zero attached hydrogens (tertiary/aromatic N) is 4. The van der Waals surface area contributed by atoms with E-state index in [0.717, 1.165) is 5.56 Å². The van der Waals surface area contributed by atoms with Crippen LogP contribution in [0.25, 0.3) is 11.4 Å². The maximum atomic E-state index is 13.3. The number of nitro groups is 1. The quantitative estimate of drug-likeness (QED) is 0.506. The maximum Gasteiger partial charge on any atom is 0.269 e. The summed E-state index contributed by atoms with van der Waals surface area (Å²) >= 11 is 0. The van der Waals surface area contributed by atoms with Crippen molar-refractivity contribution >= 4 is 5.69 Å². The number of nitrogens with one attached hydrogen (secondary N) is 1. The molecule has 1 N–H and O–H groups in total. The third-order valence-corrected chi connectivity index (χ3v) is 4.40. The zero-order chi connectivity index (χ0) is 20.3. The molecule has 0 aliphatic carbocycles. The first-order valence-electron chi connectivity index (χ1n) is 8.87. The molecule has 1 unspecified atom stereocenters. The van der Waals surface area contributed by atoms with Crippen molar-refractivity contribution in [1.82, 2.24) is 20.1 Å². The molecule has 1 aromatic heterocycles. The second-order valence-electron chi connectivity index (χ2n) is 7.62. The molecule has 0 aliphatic heterocycles. The van der Waals surface area contributed by atoms with Crippen LogP contribution in [0.1, 0.15) is 32.4 Å². The van der Waals surface area contributed by atoms with Crippen LogP contribution in [0.15, 0.2) is 54.9 Å². The van der Waals surface area contributed by atoms with Crippen molar-refractivity contribution in [3.8, 4) is 11.4 Å². The highest BCUT2D eigenvalue weighted by Gasteiger charge is 2.26. The summed E-state index contributed by atoms with van der Waals surface area (Å²) in [6.45, 7) is 6.74. The van der Waals surface area contributed by atoms with E-state index in [1.807, 2.05) is 0 Å². The van der Waals surface area contributed by atoms with Gasteiger partial charge in [-0.15, -0.1) is 5.10 Å². The van der Waals surface area contributed by atoms with E-state index in [0.29, 0.717) is 18.1 Å². The molecule has 0 saturated heterocycles. The van der Waals surface area contributed by atoms with E-state index >= 15 is 0 Å². The first kappa shape index (κ1) is 19.6. The van der Waals surface area contributed by atoms with E-state index in [2.05, 4.69) is 36.2 Å². The van der Waals surface area contributed by atoms with E-state index in [-0.39, 0.29) is 23.0 Å².